The van der Waals surface area contributed by atoms with Crippen LogP contribution in [-0.4, -0.2) is 18.0 Å². The minimum absolute atomic E-state index is 0.474. The first-order valence-corrected chi connectivity index (χ1v) is 5.11. The summed E-state index contributed by atoms with van der Waals surface area (Å²) in [5.74, 6) is 0.231. The summed E-state index contributed by atoms with van der Waals surface area (Å²) in [4.78, 5) is 15.0. The Bertz CT molecular complexity index is 591. The summed E-state index contributed by atoms with van der Waals surface area (Å²) in [6, 6.07) is 7.44. The van der Waals surface area contributed by atoms with Crippen molar-refractivity contribution in [3.63, 3.8) is 0 Å². The minimum Gasteiger partial charge on any atom is -0.494 e. The molecule has 0 saturated heterocycles. The normalized spacial score (nSPS) is 10.9. The molecule has 2 rings (SSSR count). The topological polar surface area (TPSA) is 65.2 Å². The van der Waals surface area contributed by atoms with Crippen molar-refractivity contribution < 1.29 is 9.53 Å². The van der Waals surface area contributed by atoms with Gasteiger partial charge >= 0.3 is 0 Å². The first-order valence-electron chi connectivity index (χ1n) is 5.11. The average Bonchev–Trinajstić information content (AvgIpc) is 2.35. The molecule has 0 bridgehead atoms. The van der Waals surface area contributed by atoms with Gasteiger partial charge in [-0.3, -0.25) is 9.78 Å². The number of amides is 1. The Morgan fingerprint density at radius 2 is 2.24 bits per heavy atom. The number of primary amides is 1. The van der Waals surface area contributed by atoms with E-state index in [1.807, 2.05) is 24.3 Å². The lowest BCUT2D eigenvalue weighted by atomic mass is 10.1. The number of aromatic nitrogens is 1. The van der Waals surface area contributed by atoms with Gasteiger partial charge in [-0.25, -0.2) is 0 Å². The van der Waals surface area contributed by atoms with Crippen molar-refractivity contribution in [2.75, 3.05) is 7.11 Å². The number of benzene rings is 1. The van der Waals surface area contributed by atoms with E-state index >= 15 is 0 Å². The van der Waals surface area contributed by atoms with E-state index in [0.29, 0.717) is 5.75 Å². The highest BCUT2D eigenvalue weighted by Gasteiger charge is 2.05. The van der Waals surface area contributed by atoms with E-state index in [9.17, 15) is 4.79 Å². The Morgan fingerprint density at radius 1 is 1.41 bits per heavy atom. The molecule has 0 saturated carbocycles. The number of rotatable bonds is 3. The van der Waals surface area contributed by atoms with Gasteiger partial charge in [0, 0.05) is 17.7 Å². The fourth-order valence-corrected chi connectivity index (χ4v) is 1.65. The molecule has 1 aromatic carbocycles. The maximum absolute atomic E-state index is 10.7. The second-order valence-corrected chi connectivity index (χ2v) is 3.49. The number of methoxy groups -OCH3 is 1. The van der Waals surface area contributed by atoms with E-state index in [1.165, 1.54) is 6.08 Å². The molecular formula is C13H12N2O2. The number of ether oxygens (including phenoxy) is 1. The summed E-state index contributed by atoms with van der Waals surface area (Å²) in [6.07, 6.45) is 4.70. The van der Waals surface area contributed by atoms with Crippen LogP contribution >= 0.6 is 0 Å². The van der Waals surface area contributed by atoms with Crippen LogP contribution in [0.2, 0.25) is 0 Å². The lowest BCUT2D eigenvalue weighted by Crippen LogP contribution is -2.05. The molecule has 0 fully saturated rings. The zero-order valence-corrected chi connectivity index (χ0v) is 9.38. The van der Waals surface area contributed by atoms with Crippen molar-refractivity contribution in [2.24, 2.45) is 5.73 Å². The maximum atomic E-state index is 10.7. The molecule has 2 aromatic rings. The third-order valence-corrected chi connectivity index (χ3v) is 2.41. The number of hydrogen-bond acceptors (Lipinski definition) is 3. The summed E-state index contributed by atoms with van der Waals surface area (Å²) < 4.78 is 5.23. The number of pyridine rings is 1. The molecule has 0 atom stereocenters. The molecule has 0 aliphatic heterocycles. The van der Waals surface area contributed by atoms with Gasteiger partial charge in [0.1, 0.15) is 11.3 Å². The molecular weight excluding hydrogens is 216 g/mol. The van der Waals surface area contributed by atoms with Gasteiger partial charge in [0.25, 0.3) is 0 Å². The highest BCUT2D eigenvalue weighted by molar-refractivity contribution is 5.96. The van der Waals surface area contributed by atoms with Crippen molar-refractivity contribution in [3.05, 3.63) is 42.1 Å². The lowest BCUT2D eigenvalue weighted by molar-refractivity contribution is -0.113. The highest BCUT2D eigenvalue weighted by Crippen LogP contribution is 2.26. The molecule has 0 aliphatic carbocycles. The standard InChI is InChI=1S/C13H12N2O2/c1-17-11-6-4-9(5-7-12(14)16)10-3-2-8-15-13(10)11/h2-8H,1H3,(H2,14,16)/b7-5-. The molecule has 0 unspecified atom stereocenters. The van der Waals surface area contributed by atoms with Gasteiger partial charge in [0.05, 0.1) is 7.11 Å². The molecule has 0 aliphatic rings. The van der Waals surface area contributed by atoms with Crippen molar-refractivity contribution in [2.45, 2.75) is 0 Å². The fourth-order valence-electron chi connectivity index (χ4n) is 1.65. The van der Waals surface area contributed by atoms with Crippen LogP contribution in [0.15, 0.2) is 36.5 Å². The van der Waals surface area contributed by atoms with Gasteiger partial charge in [-0.2, -0.15) is 0 Å². The predicted octanol–water partition coefficient (Wildman–Crippen LogP) is 1.74. The van der Waals surface area contributed by atoms with Gasteiger partial charge in [-0.05, 0) is 23.8 Å². The Kier molecular flexibility index (Phi) is 3.05. The maximum Gasteiger partial charge on any atom is 0.241 e. The third kappa shape index (κ3) is 2.25. The summed E-state index contributed by atoms with van der Waals surface area (Å²) in [7, 11) is 1.60. The molecule has 17 heavy (non-hydrogen) atoms. The van der Waals surface area contributed by atoms with Crippen molar-refractivity contribution in [1.82, 2.24) is 4.98 Å². The van der Waals surface area contributed by atoms with Crippen LogP contribution in [0.5, 0.6) is 5.75 Å². The van der Waals surface area contributed by atoms with Crippen molar-refractivity contribution in [3.8, 4) is 5.75 Å². The minimum atomic E-state index is -0.474. The van der Waals surface area contributed by atoms with Gasteiger partial charge in [-0.15, -0.1) is 0 Å². The molecule has 4 nitrogen and oxygen atoms in total. The summed E-state index contributed by atoms with van der Waals surface area (Å²) in [6.45, 7) is 0. The Hall–Kier alpha value is -2.36. The molecule has 4 heteroatoms. The fraction of sp³-hybridized carbons (Fsp3) is 0.0769. The van der Waals surface area contributed by atoms with Crippen LogP contribution in [0.4, 0.5) is 0 Å². The zero-order valence-electron chi connectivity index (χ0n) is 9.38. The second-order valence-electron chi connectivity index (χ2n) is 3.49. The van der Waals surface area contributed by atoms with E-state index in [2.05, 4.69) is 4.98 Å². The summed E-state index contributed by atoms with van der Waals surface area (Å²) >= 11 is 0. The average molecular weight is 228 g/mol. The van der Waals surface area contributed by atoms with E-state index in [-0.39, 0.29) is 0 Å². The monoisotopic (exact) mass is 228 g/mol. The van der Waals surface area contributed by atoms with E-state index < -0.39 is 5.91 Å². The van der Waals surface area contributed by atoms with Crippen molar-refractivity contribution >= 4 is 22.9 Å². The Labute approximate surface area is 98.7 Å². The van der Waals surface area contributed by atoms with Crippen LogP contribution < -0.4 is 10.5 Å². The smallest absolute Gasteiger partial charge is 0.241 e. The van der Waals surface area contributed by atoms with Crippen LogP contribution in [0.1, 0.15) is 5.56 Å². The summed E-state index contributed by atoms with van der Waals surface area (Å²) in [5.41, 5.74) is 6.72. The number of hydrogen-bond donors (Lipinski definition) is 1. The van der Waals surface area contributed by atoms with E-state index in [0.717, 1.165) is 16.5 Å². The molecule has 0 spiro atoms. The number of nitrogens with two attached hydrogens (primary N) is 1. The largest absolute Gasteiger partial charge is 0.494 e. The van der Waals surface area contributed by atoms with Crippen LogP contribution in [0.3, 0.4) is 0 Å². The Morgan fingerprint density at radius 3 is 2.94 bits per heavy atom. The number of carbonyl (C=O) groups is 1. The molecule has 86 valence electrons. The third-order valence-electron chi connectivity index (χ3n) is 2.41. The van der Waals surface area contributed by atoms with Crippen LogP contribution in [-0.2, 0) is 4.79 Å². The first kappa shape index (κ1) is 11.1. The van der Waals surface area contributed by atoms with E-state index in [4.69, 9.17) is 10.5 Å². The molecule has 0 radical (unpaired) electrons. The number of carbonyl (C=O) groups excluding carboxylic acids is 1. The zero-order chi connectivity index (χ0) is 12.3. The summed E-state index contributed by atoms with van der Waals surface area (Å²) in [5, 5.41) is 0.921. The number of fused-ring (bicyclic) bond motifs is 1. The van der Waals surface area contributed by atoms with E-state index in [1.54, 1.807) is 19.4 Å². The highest BCUT2D eigenvalue weighted by atomic mass is 16.5. The van der Waals surface area contributed by atoms with Crippen LogP contribution in [0, 0.1) is 0 Å². The predicted molar refractivity (Wildman–Crippen MR) is 66.5 cm³/mol. The molecule has 1 aromatic heterocycles. The van der Waals surface area contributed by atoms with Crippen LogP contribution in [0.25, 0.3) is 17.0 Å². The second kappa shape index (κ2) is 4.65. The SMILES string of the molecule is COc1ccc(/C=C\C(N)=O)c2cccnc12. The first-order chi connectivity index (χ1) is 8.22. The molecule has 2 N–H and O–H groups in total. The van der Waals surface area contributed by atoms with Gasteiger partial charge < -0.3 is 10.5 Å². The Balaban J connectivity index is 2.62. The van der Waals surface area contributed by atoms with Gasteiger partial charge in [0.2, 0.25) is 5.91 Å². The molecule has 1 amide bonds. The number of nitrogens with zero attached hydrogens (tertiary/aromatic N) is 1. The lowest BCUT2D eigenvalue weighted by Gasteiger charge is -2.06. The van der Waals surface area contributed by atoms with Crippen molar-refractivity contribution in [1.29, 1.82) is 0 Å². The van der Waals surface area contributed by atoms with Gasteiger partial charge in [-0.1, -0.05) is 12.1 Å². The molecule has 1 heterocycles. The quantitative estimate of drug-likeness (QED) is 0.814. The van der Waals surface area contributed by atoms with Gasteiger partial charge in [0.15, 0.2) is 0 Å².